The van der Waals surface area contributed by atoms with Gasteiger partial charge in [-0.2, -0.15) is 0 Å². The number of hydrogen-bond acceptors (Lipinski definition) is 4. The fraction of sp³-hybridized carbons (Fsp3) is 0.417. The molecular weight excluding hydrogens is 236 g/mol. The summed E-state index contributed by atoms with van der Waals surface area (Å²) in [7, 11) is 0. The molecule has 0 atom stereocenters. The molecule has 0 spiro atoms. The first-order valence-corrected chi connectivity index (χ1v) is 5.72. The Balaban J connectivity index is 3.21. The molecule has 0 aliphatic heterocycles. The maximum Gasteiger partial charge on any atom is 0.272 e. The molecule has 0 fully saturated rings. The van der Waals surface area contributed by atoms with Gasteiger partial charge in [-0.05, 0) is 31.4 Å². The standard InChI is InChI=1S/C12H16N2O4/c1-3-4-5-9-8(2)10(13-12(15)16)6-7-11(9)14(17)18/h6-7,13H,3-5H2,1-2H3,(H,15,16)/p-1. The number of amides is 1. The molecule has 0 aliphatic rings. The highest BCUT2D eigenvalue weighted by atomic mass is 16.6. The van der Waals surface area contributed by atoms with Crippen molar-refractivity contribution in [1.29, 1.82) is 0 Å². The van der Waals surface area contributed by atoms with Crippen molar-refractivity contribution < 1.29 is 14.8 Å². The van der Waals surface area contributed by atoms with E-state index < -0.39 is 11.0 Å². The number of benzene rings is 1. The van der Waals surface area contributed by atoms with Gasteiger partial charge in [0, 0.05) is 17.3 Å². The highest BCUT2D eigenvalue weighted by Gasteiger charge is 2.17. The second kappa shape index (κ2) is 6.00. The van der Waals surface area contributed by atoms with Gasteiger partial charge in [-0.25, -0.2) is 0 Å². The van der Waals surface area contributed by atoms with Gasteiger partial charge in [0.05, 0.1) is 4.92 Å². The van der Waals surface area contributed by atoms with E-state index in [1.54, 1.807) is 6.92 Å². The minimum Gasteiger partial charge on any atom is -0.530 e. The molecule has 0 heterocycles. The lowest BCUT2D eigenvalue weighted by Gasteiger charge is -2.13. The zero-order valence-electron chi connectivity index (χ0n) is 10.4. The van der Waals surface area contributed by atoms with E-state index >= 15 is 0 Å². The van der Waals surface area contributed by atoms with E-state index in [4.69, 9.17) is 0 Å². The van der Waals surface area contributed by atoms with Gasteiger partial charge in [0.25, 0.3) is 5.69 Å². The van der Waals surface area contributed by atoms with Gasteiger partial charge >= 0.3 is 0 Å². The van der Waals surface area contributed by atoms with E-state index in [0.717, 1.165) is 12.8 Å². The molecule has 0 bridgehead atoms. The van der Waals surface area contributed by atoms with Crippen molar-refractivity contribution in [2.75, 3.05) is 5.32 Å². The molecule has 18 heavy (non-hydrogen) atoms. The average Bonchev–Trinajstić information content (AvgIpc) is 2.29. The molecule has 0 unspecified atom stereocenters. The molecule has 1 N–H and O–H groups in total. The summed E-state index contributed by atoms with van der Waals surface area (Å²) in [5.41, 5.74) is 1.53. The fourth-order valence-corrected chi connectivity index (χ4v) is 1.83. The van der Waals surface area contributed by atoms with E-state index in [-0.39, 0.29) is 5.69 Å². The van der Waals surface area contributed by atoms with Crippen LogP contribution in [-0.2, 0) is 6.42 Å². The minimum absolute atomic E-state index is 0.0323. The van der Waals surface area contributed by atoms with Crippen LogP contribution < -0.4 is 10.4 Å². The van der Waals surface area contributed by atoms with Crippen molar-refractivity contribution in [1.82, 2.24) is 0 Å². The lowest BCUT2D eigenvalue weighted by atomic mass is 9.99. The molecule has 6 nitrogen and oxygen atoms in total. The van der Waals surface area contributed by atoms with E-state index in [9.17, 15) is 20.0 Å². The predicted molar refractivity (Wildman–Crippen MR) is 65.5 cm³/mol. The SMILES string of the molecule is CCCCc1c([N+](=O)[O-])ccc(NC(=O)[O-])c1C. The summed E-state index contributed by atoms with van der Waals surface area (Å²) >= 11 is 0. The Morgan fingerprint density at radius 3 is 2.61 bits per heavy atom. The molecule has 1 rings (SSSR count). The zero-order chi connectivity index (χ0) is 13.7. The first-order valence-electron chi connectivity index (χ1n) is 5.72. The summed E-state index contributed by atoms with van der Waals surface area (Å²) < 4.78 is 0. The van der Waals surface area contributed by atoms with Crippen LogP contribution >= 0.6 is 0 Å². The maximum atomic E-state index is 10.9. The highest BCUT2D eigenvalue weighted by molar-refractivity contribution is 5.83. The zero-order valence-corrected chi connectivity index (χ0v) is 10.4. The van der Waals surface area contributed by atoms with E-state index in [1.807, 2.05) is 6.92 Å². The summed E-state index contributed by atoms with van der Waals surface area (Å²) in [5.74, 6) is 0. The molecule has 1 amide bonds. The van der Waals surface area contributed by atoms with Crippen molar-refractivity contribution >= 4 is 17.5 Å². The van der Waals surface area contributed by atoms with Crippen molar-refractivity contribution in [2.45, 2.75) is 33.1 Å². The number of rotatable bonds is 5. The lowest BCUT2D eigenvalue weighted by Crippen LogP contribution is -2.29. The topological polar surface area (TPSA) is 95.3 Å². The summed E-state index contributed by atoms with van der Waals surface area (Å²) in [6.07, 6.45) is 0.861. The first kappa shape index (κ1) is 14.0. The molecule has 1 aromatic rings. The van der Waals surface area contributed by atoms with E-state index in [1.165, 1.54) is 12.1 Å². The minimum atomic E-state index is -1.42. The van der Waals surface area contributed by atoms with Crippen LogP contribution in [0.2, 0.25) is 0 Å². The number of carbonyl (C=O) groups excluding carboxylic acids is 1. The average molecular weight is 251 g/mol. The largest absolute Gasteiger partial charge is 0.530 e. The van der Waals surface area contributed by atoms with Gasteiger partial charge < -0.3 is 15.2 Å². The Kier molecular flexibility index (Phi) is 4.65. The monoisotopic (exact) mass is 251 g/mol. The summed E-state index contributed by atoms with van der Waals surface area (Å²) in [4.78, 5) is 21.0. The maximum absolute atomic E-state index is 10.9. The third-order valence-corrected chi connectivity index (χ3v) is 2.79. The predicted octanol–water partition coefficient (Wildman–Crippen LogP) is 2.00. The highest BCUT2D eigenvalue weighted by Crippen LogP contribution is 2.29. The Labute approximate surface area is 105 Å². The Morgan fingerprint density at radius 2 is 2.11 bits per heavy atom. The number of nitro benzene ring substituents is 1. The van der Waals surface area contributed by atoms with Gasteiger partial charge in [0.1, 0.15) is 6.09 Å². The summed E-state index contributed by atoms with van der Waals surface area (Å²) in [5, 5.41) is 23.6. The smallest absolute Gasteiger partial charge is 0.272 e. The Bertz CT molecular complexity index is 471. The van der Waals surface area contributed by atoms with Crippen molar-refractivity contribution in [3.05, 3.63) is 33.4 Å². The van der Waals surface area contributed by atoms with Crippen LogP contribution in [0.4, 0.5) is 16.2 Å². The summed E-state index contributed by atoms with van der Waals surface area (Å²) in [6, 6.07) is 2.71. The molecule has 0 radical (unpaired) electrons. The molecular formula is C12H15N2O4-. The van der Waals surface area contributed by atoms with Gasteiger partial charge in [-0.1, -0.05) is 13.3 Å². The first-order chi connectivity index (χ1) is 8.47. The normalized spacial score (nSPS) is 10.1. The van der Waals surface area contributed by atoms with Gasteiger partial charge in [-0.3, -0.25) is 10.1 Å². The number of carbonyl (C=O) groups is 1. The second-order valence-corrected chi connectivity index (χ2v) is 4.01. The number of nitrogens with one attached hydrogen (secondary N) is 1. The van der Waals surface area contributed by atoms with E-state index in [2.05, 4.69) is 5.32 Å². The Morgan fingerprint density at radius 1 is 1.44 bits per heavy atom. The van der Waals surface area contributed by atoms with Gasteiger partial charge in [0.2, 0.25) is 0 Å². The number of carboxylic acid groups (broad SMARTS) is 1. The van der Waals surface area contributed by atoms with Crippen LogP contribution in [0, 0.1) is 17.0 Å². The molecule has 1 aromatic carbocycles. The molecule has 0 aromatic heterocycles. The number of nitro groups is 1. The van der Waals surface area contributed by atoms with Gasteiger partial charge in [0.15, 0.2) is 0 Å². The molecule has 0 saturated carbocycles. The molecule has 6 heteroatoms. The number of unbranched alkanes of at least 4 members (excludes halogenated alkanes) is 1. The molecule has 0 aliphatic carbocycles. The van der Waals surface area contributed by atoms with Crippen LogP contribution in [0.25, 0.3) is 0 Å². The van der Waals surface area contributed by atoms with Gasteiger partial charge in [-0.15, -0.1) is 0 Å². The van der Waals surface area contributed by atoms with Crippen LogP contribution in [0.1, 0.15) is 30.9 Å². The van der Waals surface area contributed by atoms with Crippen molar-refractivity contribution in [2.24, 2.45) is 0 Å². The molecule has 0 saturated heterocycles. The third-order valence-electron chi connectivity index (χ3n) is 2.79. The molecule has 98 valence electrons. The van der Waals surface area contributed by atoms with Crippen LogP contribution in [-0.4, -0.2) is 11.0 Å². The summed E-state index contributed by atoms with van der Waals surface area (Å²) in [6.45, 7) is 3.66. The van der Waals surface area contributed by atoms with Crippen molar-refractivity contribution in [3.8, 4) is 0 Å². The second-order valence-electron chi connectivity index (χ2n) is 4.01. The van der Waals surface area contributed by atoms with E-state index in [0.29, 0.717) is 23.2 Å². The number of anilines is 1. The van der Waals surface area contributed by atoms with Crippen LogP contribution in [0.15, 0.2) is 12.1 Å². The number of nitrogens with zero attached hydrogens (tertiary/aromatic N) is 1. The third kappa shape index (κ3) is 3.19. The van der Waals surface area contributed by atoms with Crippen LogP contribution in [0.5, 0.6) is 0 Å². The number of hydrogen-bond donors (Lipinski definition) is 1. The Hall–Kier alpha value is -2.11. The fourth-order valence-electron chi connectivity index (χ4n) is 1.83. The van der Waals surface area contributed by atoms with Crippen LogP contribution in [0.3, 0.4) is 0 Å². The lowest BCUT2D eigenvalue weighted by molar-refractivity contribution is -0.385. The van der Waals surface area contributed by atoms with Crippen molar-refractivity contribution in [3.63, 3.8) is 0 Å². The quantitative estimate of drug-likeness (QED) is 0.639.